The minimum Gasteiger partial charge on any atom is -0.507 e. The lowest BCUT2D eigenvalue weighted by Gasteiger charge is -2.54. The number of hydrogen-bond donors (Lipinski definition) is 5. The Balaban J connectivity index is 1.57. The molecule has 10 nitrogen and oxygen atoms in total. The van der Waals surface area contributed by atoms with Crippen LogP contribution in [0.5, 0.6) is 5.75 Å². The SMILES string of the molecule is CC(C)NCc1ccc(-c2ccc(O)c3c2C[C@@H]2C[C@@H]4[C@@H](N(C)C)C(O)C(C(N)=O)C(=O)[C@]4(O)C(=O)C2C3=O)cc1. The molecular weight excluding hydrogens is 526 g/mol. The van der Waals surface area contributed by atoms with Crippen LogP contribution in [0.2, 0.25) is 0 Å². The number of nitrogens with zero attached hydrogens (tertiary/aromatic N) is 1. The van der Waals surface area contributed by atoms with Crippen LogP contribution in [-0.4, -0.2) is 81.4 Å². The first-order chi connectivity index (χ1) is 19.3. The van der Waals surface area contributed by atoms with Gasteiger partial charge < -0.3 is 31.3 Å². The Morgan fingerprint density at radius 1 is 1.10 bits per heavy atom. The van der Waals surface area contributed by atoms with Crippen LogP contribution in [-0.2, 0) is 27.3 Å². The summed E-state index contributed by atoms with van der Waals surface area (Å²) in [5.41, 5.74) is 6.04. The molecule has 3 unspecified atom stereocenters. The zero-order chi connectivity index (χ0) is 30.0. The Morgan fingerprint density at radius 2 is 1.76 bits per heavy atom. The Bertz CT molecular complexity index is 1420. The molecule has 3 aliphatic rings. The van der Waals surface area contributed by atoms with Crippen LogP contribution in [0.4, 0.5) is 0 Å². The molecule has 2 aromatic rings. The number of phenols is 1. The van der Waals surface area contributed by atoms with Gasteiger partial charge in [0.15, 0.2) is 23.0 Å². The number of phenolic OH excluding ortho intramolecular Hbond substituents is 1. The normalized spacial score (nSPS) is 31.2. The molecule has 1 amide bonds. The topological polar surface area (TPSA) is 170 Å². The van der Waals surface area contributed by atoms with E-state index >= 15 is 0 Å². The minimum absolute atomic E-state index is 0.00334. The molecule has 2 aromatic carbocycles. The zero-order valence-corrected chi connectivity index (χ0v) is 23.6. The van der Waals surface area contributed by atoms with Crippen LogP contribution in [0.1, 0.15) is 41.8 Å². The van der Waals surface area contributed by atoms with E-state index in [1.807, 2.05) is 24.3 Å². The second kappa shape index (κ2) is 10.4. The average molecular weight is 564 g/mol. The molecular formula is C31H37N3O7. The van der Waals surface area contributed by atoms with Gasteiger partial charge in [-0.25, -0.2) is 0 Å². The van der Waals surface area contributed by atoms with Crippen LogP contribution in [0.15, 0.2) is 36.4 Å². The number of ketones is 3. The lowest BCUT2D eigenvalue weighted by atomic mass is 9.52. The van der Waals surface area contributed by atoms with E-state index in [0.717, 1.165) is 16.7 Å². The van der Waals surface area contributed by atoms with Crippen molar-refractivity contribution in [1.82, 2.24) is 10.2 Å². The molecule has 218 valence electrons. The summed E-state index contributed by atoms with van der Waals surface area (Å²) in [4.78, 5) is 55.1. The van der Waals surface area contributed by atoms with Crippen molar-refractivity contribution in [2.45, 2.75) is 57.0 Å². The van der Waals surface area contributed by atoms with Gasteiger partial charge in [-0.2, -0.15) is 0 Å². The molecule has 0 aliphatic heterocycles. The molecule has 2 saturated carbocycles. The fourth-order valence-electron chi connectivity index (χ4n) is 7.22. The molecule has 0 aromatic heterocycles. The van der Waals surface area contributed by atoms with Crippen molar-refractivity contribution >= 4 is 23.3 Å². The number of aliphatic hydroxyl groups excluding tert-OH is 1. The van der Waals surface area contributed by atoms with Gasteiger partial charge in [0, 0.05) is 24.5 Å². The number of amides is 1. The van der Waals surface area contributed by atoms with E-state index in [4.69, 9.17) is 5.73 Å². The Hall–Kier alpha value is -3.44. The Kier molecular flexibility index (Phi) is 7.40. The van der Waals surface area contributed by atoms with E-state index in [2.05, 4.69) is 19.2 Å². The molecule has 0 radical (unpaired) electrons. The fourth-order valence-corrected chi connectivity index (χ4v) is 7.22. The van der Waals surface area contributed by atoms with Gasteiger partial charge in [-0.05, 0) is 61.2 Å². The second-order valence-corrected chi connectivity index (χ2v) is 12.2. The number of carbonyl (C=O) groups is 4. The van der Waals surface area contributed by atoms with E-state index in [9.17, 15) is 34.5 Å². The third-order valence-electron chi connectivity index (χ3n) is 9.15. The Labute approximate surface area is 238 Å². The van der Waals surface area contributed by atoms with Crippen molar-refractivity contribution in [1.29, 1.82) is 0 Å². The summed E-state index contributed by atoms with van der Waals surface area (Å²) < 4.78 is 0. The van der Waals surface area contributed by atoms with E-state index < -0.39 is 64.7 Å². The lowest BCUT2D eigenvalue weighted by Crippen LogP contribution is -2.75. The number of aliphatic hydroxyl groups is 2. The summed E-state index contributed by atoms with van der Waals surface area (Å²) >= 11 is 0. The van der Waals surface area contributed by atoms with Crippen molar-refractivity contribution in [3.8, 4) is 16.9 Å². The molecule has 6 N–H and O–H groups in total. The number of aromatic hydroxyl groups is 1. The summed E-state index contributed by atoms with van der Waals surface area (Å²) in [7, 11) is 3.24. The molecule has 10 heteroatoms. The number of primary amides is 1. The molecule has 0 spiro atoms. The number of benzene rings is 2. The number of likely N-dealkylation sites (N-methyl/N-ethyl adjacent to an activating group) is 1. The molecule has 7 atom stereocenters. The first kappa shape index (κ1) is 29.1. The summed E-state index contributed by atoms with van der Waals surface area (Å²) in [6.45, 7) is 4.84. The third-order valence-corrected chi connectivity index (χ3v) is 9.15. The van der Waals surface area contributed by atoms with Crippen molar-refractivity contribution in [2.24, 2.45) is 29.4 Å². The second-order valence-electron chi connectivity index (χ2n) is 12.2. The maximum absolute atomic E-state index is 14.0. The van der Waals surface area contributed by atoms with Gasteiger partial charge in [-0.15, -0.1) is 0 Å². The molecule has 41 heavy (non-hydrogen) atoms. The van der Waals surface area contributed by atoms with E-state index in [1.165, 1.54) is 6.07 Å². The van der Waals surface area contributed by atoms with Gasteiger partial charge in [0.05, 0.1) is 17.6 Å². The quantitative estimate of drug-likeness (QED) is 0.319. The lowest BCUT2D eigenvalue weighted by molar-refractivity contribution is -0.190. The highest BCUT2D eigenvalue weighted by Crippen LogP contribution is 2.52. The maximum Gasteiger partial charge on any atom is 0.230 e. The van der Waals surface area contributed by atoms with Crippen molar-refractivity contribution in [3.63, 3.8) is 0 Å². The van der Waals surface area contributed by atoms with Gasteiger partial charge in [-0.1, -0.05) is 44.2 Å². The Morgan fingerprint density at radius 3 is 2.34 bits per heavy atom. The van der Waals surface area contributed by atoms with Crippen molar-refractivity contribution in [3.05, 3.63) is 53.1 Å². The van der Waals surface area contributed by atoms with Crippen LogP contribution in [0.3, 0.4) is 0 Å². The summed E-state index contributed by atoms with van der Waals surface area (Å²) in [6, 6.07) is 10.5. The predicted molar refractivity (Wildman–Crippen MR) is 150 cm³/mol. The van der Waals surface area contributed by atoms with Gasteiger partial charge in [0.1, 0.15) is 11.7 Å². The number of hydrogen-bond acceptors (Lipinski definition) is 9. The third kappa shape index (κ3) is 4.50. The number of fused-ring (bicyclic) bond motifs is 3. The largest absolute Gasteiger partial charge is 0.507 e. The molecule has 0 saturated heterocycles. The smallest absolute Gasteiger partial charge is 0.230 e. The fraction of sp³-hybridized carbons (Fsp3) is 0.484. The minimum atomic E-state index is -2.67. The highest BCUT2D eigenvalue weighted by Gasteiger charge is 2.69. The van der Waals surface area contributed by atoms with Crippen LogP contribution in [0.25, 0.3) is 11.1 Å². The van der Waals surface area contributed by atoms with Gasteiger partial charge in [0.2, 0.25) is 5.91 Å². The van der Waals surface area contributed by atoms with Gasteiger partial charge in [0.25, 0.3) is 0 Å². The van der Waals surface area contributed by atoms with Crippen LogP contribution < -0.4 is 11.1 Å². The van der Waals surface area contributed by atoms with E-state index in [0.29, 0.717) is 18.2 Å². The highest BCUT2D eigenvalue weighted by molar-refractivity contribution is 6.25. The number of rotatable bonds is 6. The first-order valence-corrected chi connectivity index (χ1v) is 14.0. The molecule has 0 bridgehead atoms. The van der Waals surface area contributed by atoms with E-state index in [-0.39, 0.29) is 24.2 Å². The molecule has 0 heterocycles. The summed E-state index contributed by atoms with van der Waals surface area (Å²) in [5.74, 6) is -9.10. The van der Waals surface area contributed by atoms with E-state index in [1.54, 1.807) is 25.1 Å². The molecule has 3 aliphatic carbocycles. The zero-order valence-electron chi connectivity index (χ0n) is 23.6. The van der Waals surface area contributed by atoms with Gasteiger partial charge >= 0.3 is 0 Å². The molecule has 2 fully saturated rings. The van der Waals surface area contributed by atoms with Crippen molar-refractivity contribution < 1.29 is 34.5 Å². The predicted octanol–water partition coefficient (Wildman–Crippen LogP) is 0.824. The number of carbonyl (C=O) groups excluding carboxylic acids is 4. The monoisotopic (exact) mass is 563 g/mol. The maximum atomic E-state index is 14.0. The van der Waals surface area contributed by atoms with Crippen molar-refractivity contribution in [2.75, 3.05) is 14.1 Å². The average Bonchev–Trinajstić information content (AvgIpc) is 2.89. The van der Waals surface area contributed by atoms with Gasteiger partial charge in [-0.3, -0.25) is 19.2 Å². The van der Waals surface area contributed by atoms with Crippen LogP contribution in [0, 0.1) is 23.7 Å². The number of Topliss-reactive ketones (excluding diaryl/α,β-unsaturated/α-hetero) is 3. The standard InChI is InChI=1S/C31H37N3O7/c1-14(2)33-13-15-5-7-16(8-6-15)18-9-10-21(35)23-19(18)11-17-12-20-25(34(3)4)27(37)24(30(32)40)29(39)31(20,41)28(38)22(17)26(23)36/h5-10,14,17,20,22,24-25,27,33,35,37,41H,11-13H2,1-4H3,(H2,32,40)/t17-,20-,22?,24?,25-,27?,31-/m1/s1. The highest BCUT2D eigenvalue weighted by atomic mass is 16.3. The summed E-state index contributed by atoms with van der Waals surface area (Å²) in [6.07, 6.45) is -1.21. The number of nitrogens with one attached hydrogen (secondary N) is 1. The van der Waals surface area contributed by atoms with Crippen LogP contribution >= 0.6 is 0 Å². The number of nitrogens with two attached hydrogens (primary N) is 1. The first-order valence-electron chi connectivity index (χ1n) is 14.0. The molecule has 5 rings (SSSR count). The summed E-state index contributed by atoms with van der Waals surface area (Å²) in [5, 5.41) is 36.9.